The number of ether oxygens (including phenoxy) is 4. The Morgan fingerprint density at radius 1 is 0.351 bits per heavy atom. The van der Waals surface area contributed by atoms with Crippen LogP contribution in [-0.4, -0.2) is 96.7 Å². The second kappa shape index (κ2) is 52.2. The van der Waals surface area contributed by atoms with Gasteiger partial charge < -0.3 is 33.8 Å². The van der Waals surface area contributed by atoms with Crippen LogP contribution in [-0.2, 0) is 65.4 Å². The van der Waals surface area contributed by atoms with Crippen molar-refractivity contribution in [2.45, 2.75) is 303 Å². The summed E-state index contributed by atoms with van der Waals surface area (Å²) in [5, 5.41) is 10.5. The highest BCUT2D eigenvalue weighted by molar-refractivity contribution is 7.47. The lowest BCUT2D eigenvalue weighted by Crippen LogP contribution is -2.30. The first kappa shape index (κ1) is 75.1. The molecule has 17 nitrogen and oxygen atoms in total. The molecule has 0 aliphatic rings. The zero-order chi connectivity index (χ0) is 57.1. The van der Waals surface area contributed by atoms with Crippen LogP contribution in [0.5, 0.6) is 0 Å². The van der Waals surface area contributed by atoms with Gasteiger partial charge in [-0.2, -0.15) is 0 Å². The topological polar surface area (TPSA) is 237 Å². The molecule has 0 rings (SSSR count). The van der Waals surface area contributed by atoms with Gasteiger partial charge >= 0.3 is 39.5 Å². The first-order chi connectivity index (χ1) is 37.0. The molecule has 19 heteroatoms. The Morgan fingerprint density at radius 2 is 0.597 bits per heavy atom. The van der Waals surface area contributed by atoms with Gasteiger partial charge in [0.2, 0.25) is 0 Å². The fourth-order valence-corrected chi connectivity index (χ4v) is 10.1. The molecule has 77 heavy (non-hydrogen) atoms. The second-order valence-corrected chi connectivity index (χ2v) is 24.4. The van der Waals surface area contributed by atoms with Crippen LogP contribution in [0.4, 0.5) is 0 Å². The number of phosphoric acid groups is 2. The third-order valence-corrected chi connectivity index (χ3v) is 15.2. The molecule has 0 aromatic rings. The van der Waals surface area contributed by atoms with Gasteiger partial charge in [0.1, 0.15) is 19.3 Å². The van der Waals surface area contributed by atoms with E-state index in [1.54, 1.807) is 0 Å². The molecule has 0 spiro atoms. The first-order valence-electron chi connectivity index (χ1n) is 30.6. The molecule has 456 valence electrons. The van der Waals surface area contributed by atoms with E-state index in [4.69, 9.17) is 37.0 Å². The third kappa shape index (κ3) is 53.2. The quantitative estimate of drug-likeness (QED) is 0.0222. The van der Waals surface area contributed by atoms with Gasteiger partial charge in [-0.1, -0.05) is 234 Å². The number of carbonyl (C=O) groups is 4. The molecule has 0 saturated heterocycles. The number of esters is 4. The Morgan fingerprint density at radius 3 is 0.883 bits per heavy atom. The van der Waals surface area contributed by atoms with E-state index in [0.717, 1.165) is 115 Å². The van der Waals surface area contributed by atoms with E-state index in [1.165, 1.54) is 89.9 Å². The summed E-state index contributed by atoms with van der Waals surface area (Å²) in [6, 6.07) is 0. The maximum atomic E-state index is 12.9. The van der Waals surface area contributed by atoms with Crippen molar-refractivity contribution < 1.29 is 80.2 Å². The predicted molar refractivity (Wildman–Crippen MR) is 303 cm³/mol. The van der Waals surface area contributed by atoms with Crippen molar-refractivity contribution in [1.82, 2.24) is 0 Å². The van der Waals surface area contributed by atoms with Gasteiger partial charge in [0, 0.05) is 25.7 Å². The van der Waals surface area contributed by atoms with Crippen LogP contribution >= 0.6 is 15.6 Å². The smallest absolute Gasteiger partial charge is 0.462 e. The molecule has 0 heterocycles. The highest BCUT2D eigenvalue weighted by atomic mass is 31.2. The third-order valence-electron chi connectivity index (χ3n) is 13.3. The summed E-state index contributed by atoms with van der Waals surface area (Å²) in [7, 11) is -9.86. The highest BCUT2D eigenvalue weighted by Gasteiger charge is 2.30. The van der Waals surface area contributed by atoms with Crippen molar-refractivity contribution >= 4 is 39.5 Å². The molecule has 2 unspecified atom stereocenters. The molecular formula is C58H112O17P2. The van der Waals surface area contributed by atoms with E-state index in [9.17, 15) is 43.2 Å². The molecule has 0 amide bonds. The molecule has 5 atom stereocenters. The Hall–Kier alpha value is -1.94. The zero-order valence-corrected chi connectivity index (χ0v) is 50.9. The minimum absolute atomic E-state index is 0.103. The maximum Gasteiger partial charge on any atom is 0.472 e. The van der Waals surface area contributed by atoms with Crippen molar-refractivity contribution in [3.8, 4) is 0 Å². The van der Waals surface area contributed by atoms with Gasteiger partial charge in [-0.3, -0.25) is 37.3 Å². The van der Waals surface area contributed by atoms with E-state index >= 15 is 0 Å². The molecule has 0 saturated carbocycles. The predicted octanol–water partition coefficient (Wildman–Crippen LogP) is 15.5. The monoisotopic (exact) mass is 1140 g/mol. The number of hydrogen-bond donors (Lipinski definition) is 3. The second-order valence-electron chi connectivity index (χ2n) is 21.5. The number of hydrogen-bond acceptors (Lipinski definition) is 15. The number of aliphatic hydroxyl groups excluding tert-OH is 1. The average Bonchev–Trinajstić information content (AvgIpc) is 3.39. The normalized spacial score (nSPS) is 14.4. The van der Waals surface area contributed by atoms with Crippen LogP contribution in [0.15, 0.2) is 0 Å². The Balaban J connectivity index is 5.12. The molecule has 0 aliphatic carbocycles. The van der Waals surface area contributed by atoms with Gasteiger partial charge in [-0.05, 0) is 31.6 Å². The van der Waals surface area contributed by atoms with E-state index in [0.29, 0.717) is 25.7 Å². The van der Waals surface area contributed by atoms with E-state index in [2.05, 4.69) is 34.6 Å². The molecule has 0 radical (unpaired) electrons. The number of unbranched alkanes of at least 4 members (excludes halogenated alkanes) is 30. The summed E-state index contributed by atoms with van der Waals surface area (Å²) >= 11 is 0. The fourth-order valence-electron chi connectivity index (χ4n) is 8.52. The van der Waals surface area contributed by atoms with Crippen molar-refractivity contribution in [3.63, 3.8) is 0 Å². The molecule has 0 aliphatic heterocycles. The van der Waals surface area contributed by atoms with Gasteiger partial charge in [0.25, 0.3) is 0 Å². The summed E-state index contributed by atoms with van der Waals surface area (Å²) in [6.45, 7) is 7.02. The van der Waals surface area contributed by atoms with Gasteiger partial charge in [0.05, 0.1) is 26.4 Å². The van der Waals surface area contributed by atoms with E-state index in [-0.39, 0.29) is 25.7 Å². The molecular weight excluding hydrogens is 1030 g/mol. The van der Waals surface area contributed by atoms with Gasteiger partial charge in [0.15, 0.2) is 12.2 Å². The number of rotatable bonds is 58. The summed E-state index contributed by atoms with van der Waals surface area (Å²) in [6.07, 6.45) is 34.0. The van der Waals surface area contributed by atoms with Crippen LogP contribution in [0.25, 0.3) is 0 Å². The van der Waals surface area contributed by atoms with Crippen LogP contribution in [0, 0.1) is 5.92 Å². The van der Waals surface area contributed by atoms with Gasteiger partial charge in [-0.25, -0.2) is 9.13 Å². The minimum Gasteiger partial charge on any atom is -0.462 e. The Labute approximate surface area is 467 Å². The maximum absolute atomic E-state index is 12.9. The SMILES string of the molecule is CCCCCCCCCCCC(=O)OC[C@H](COP(=O)(O)OC[C@@H](O)COP(=O)(O)OC[C@@H](COC(=O)CCCCCCC)OC(=O)CCCCCCCCC)OC(=O)CCCCCCCCCCCCCCCC(C)C. The molecule has 0 fully saturated rings. The van der Waals surface area contributed by atoms with Gasteiger partial charge in [-0.15, -0.1) is 0 Å². The molecule has 3 N–H and O–H groups in total. The van der Waals surface area contributed by atoms with Crippen LogP contribution in [0.1, 0.15) is 285 Å². The fraction of sp³-hybridized carbons (Fsp3) is 0.931. The summed E-state index contributed by atoms with van der Waals surface area (Å²) in [4.78, 5) is 71.5. The van der Waals surface area contributed by atoms with Crippen molar-refractivity contribution in [1.29, 1.82) is 0 Å². The van der Waals surface area contributed by atoms with E-state index < -0.39 is 97.5 Å². The standard InChI is InChI=1S/C58H112O17P2/c1-6-9-12-15-17-23-28-32-37-42-56(61)69-48-54(75-58(63)44-39-34-29-25-22-20-18-19-21-24-27-31-35-40-51(4)5)50-73-77(66,67)71-46-52(59)45-70-76(64,65)72-49-53(47-68-55(60)41-36-30-14-11-8-3)74-57(62)43-38-33-26-16-13-10-7-2/h51-54,59H,6-50H2,1-5H3,(H,64,65)(H,66,67)/t52-,53+,54+/m0/s1. The Kier molecular flexibility index (Phi) is 50.8. The first-order valence-corrected chi connectivity index (χ1v) is 33.6. The summed E-state index contributed by atoms with van der Waals surface area (Å²) in [5.41, 5.74) is 0. The average molecular weight is 1140 g/mol. The highest BCUT2D eigenvalue weighted by Crippen LogP contribution is 2.45. The Bertz CT molecular complexity index is 1520. The molecule has 0 aromatic heterocycles. The van der Waals surface area contributed by atoms with Crippen molar-refractivity contribution in [2.75, 3.05) is 39.6 Å². The lowest BCUT2D eigenvalue weighted by atomic mass is 10.0. The lowest BCUT2D eigenvalue weighted by molar-refractivity contribution is -0.161. The summed E-state index contributed by atoms with van der Waals surface area (Å²) < 4.78 is 67.4. The number of carbonyl (C=O) groups excluding carboxylic acids is 4. The van der Waals surface area contributed by atoms with Crippen molar-refractivity contribution in [2.24, 2.45) is 5.92 Å². The molecule has 0 bridgehead atoms. The summed E-state index contributed by atoms with van der Waals surface area (Å²) in [5.74, 6) is -1.37. The zero-order valence-electron chi connectivity index (χ0n) is 49.1. The molecule has 0 aromatic carbocycles. The van der Waals surface area contributed by atoms with Crippen LogP contribution in [0.2, 0.25) is 0 Å². The number of aliphatic hydroxyl groups is 1. The number of phosphoric ester groups is 2. The van der Waals surface area contributed by atoms with Crippen molar-refractivity contribution in [3.05, 3.63) is 0 Å². The minimum atomic E-state index is -4.93. The lowest BCUT2D eigenvalue weighted by Gasteiger charge is -2.21. The van der Waals surface area contributed by atoms with Crippen LogP contribution < -0.4 is 0 Å². The van der Waals surface area contributed by atoms with E-state index in [1.807, 2.05) is 0 Å². The largest absolute Gasteiger partial charge is 0.472 e. The van der Waals surface area contributed by atoms with Crippen LogP contribution in [0.3, 0.4) is 0 Å².